The van der Waals surface area contributed by atoms with Crippen molar-refractivity contribution >= 4 is 5.91 Å². The van der Waals surface area contributed by atoms with E-state index in [1.807, 2.05) is 0 Å². The van der Waals surface area contributed by atoms with Gasteiger partial charge in [0.15, 0.2) is 0 Å². The third kappa shape index (κ3) is 3.05. The standard InChI is InChI=1S/C15H28N2O/c1-11(2)13(14(16)18)17-12-5-9-15(10-6-12)7-3-4-8-15/h11-13,17H,3-10H2,1-2H3,(H2,16,18). The number of primary amides is 1. The molecule has 0 aromatic heterocycles. The first-order chi connectivity index (χ1) is 8.52. The van der Waals surface area contributed by atoms with Crippen LogP contribution in [0, 0.1) is 11.3 Å². The summed E-state index contributed by atoms with van der Waals surface area (Å²) in [5, 5.41) is 3.49. The van der Waals surface area contributed by atoms with Crippen LogP contribution in [0.2, 0.25) is 0 Å². The molecular weight excluding hydrogens is 224 g/mol. The minimum absolute atomic E-state index is 0.160. The lowest BCUT2D eigenvalue weighted by Gasteiger charge is -2.39. The lowest BCUT2D eigenvalue weighted by atomic mass is 9.71. The Morgan fingerprint density at radius 1 is 1.17 bits per heavy atom. The minimum atomic E-state index is -0.203. The predicted molar refractivity (Wildman–Crippen MR) is 74.1 cm³/mol. The first kappa shape index (κ1) is 13.9. The van der Waals surface area contributed by atoms with Crippen LogP contribution in [0.1, 0.15) is 65.2 Å². The molecule has 2 aliphatic carbocycles. The van der Waals surface area contributed by atoms with Crippen LogP contribution in [-0.2, 0) is 4.79 Å². The normalized spacial score (nSPS) is 25.7. The molecule has 0 aromatic rings. The smallest absolute Gasteiger partial charge is 0.234 e. The molecular formula is C15H28N2O. The fourth-order valence-electron chi connectivity index (χ4n) is 3.88. The van der Waals surface area contributed by atoms with Gasteiger partial charge in [-0.3, -0.25) is 4.79 Å². The number of hydrogen-bond donors (Lipinski definition) is 2. The van der Waals surface area contributed by atoms with Crippen molar-refractivity contribution in [3.05, 3.63) is 0 Å². The van der Waals surface area contributed by atoms with Crippen LogP contribution < -0.4 is 11.1 Å². The zero-order chi connectivity index (χ0) is 13.2. The molecule has 3 nitrogen and oxygen atoms in total. The van der Waals surface area contributed by atoms with E-state index in [1.54, 1.807) is 0 Å². The van der Waals surface area contributed by atoms with Gasteiger partial charge in [-0.15, -0.1) is 0 Å². The van der Waals surface area contributed by atoms with Gasteiger partial charge in [-0.2, -0.15) is 0 Å². The summed E-state index contributed by atoms with van der Waals surface area (Å²) in [7, 11) is 0. The molecule has 2 saturated carbocycles. The summed E-state index contributed by atoms with van der Waals surface area (Å²) in [5.41, 5.74) is 6.13. The summed E-state index contributed by atoms with van der Waals surface area (Å²) >= 11 is 0. The zero-order valence-corrected chi connectivity index (χ0v) is 11.9. The quantitative estimate of drug-likeness (QED) is 0.808. The first-order valence-electron chi connectivity index (χ1n) is 7.58. The number of hydrogen-bond acceptors (Lipinski definition) is 2. The topological polar surface area (TPSA) is 55.1 Å². The van der Waals surface area contributed by atoms with E-state index < -0.39 is 0 Å². The molecule has 0 bridgehead atoms. The Bertz CT molecular complexity index is 285. The van der Waals surface area contributed by atoms with E-state index in [-0.39, 0.29) is 17.9 Å². The largest absolute Gasteiger partial charge is 0.368 e. The molecule has 0 heterocycles. The van der Waals surface area contributed by atoms with E-state index in [0.29, 0.717) is 11.5 Å². The van der Waals surface area contributed by atoms with E-state index in [4.69, 9.17) is 5.73 Å². The van der Waals surface area contributed by atoms with Crippen molar-refractivity contribution in [3.63, 3.8) is 0 Å². The minimum Gasteiger partial charge on any atom is -0.368 e. The van der Waals surface area contributed by atoms with E-state index in [9.17, 15) is 4.79 Å². The highest BCUT2D eigenvalue weighted by molar-refractivity contribution is 5.80. The third-order valence-electron chi connectivity index (χ3n) is 5.10. The van der Waals surface area contributed by atoms with Crippen molar-refractivity contribution in [1.29, 1.82) is 0 Å². The molecule has 1 amide bonds. The van der Waals surface area contributed by atoms with Gasteiger partial charge in [0.2, 0.25) is 5.91 Å². The second kappa shape index (κ2) is 5.60. The third-order valence-corrected chi connectivity index (χ3v) is 5.10. The molecule has 3 heteroatoms. The average molecular weight is 252 g/mol. The Morgan fingerprint density at radius 2 is 1.72 bits per heavy atom. The molecule has 2 fully saturated rings. The van der Waals surface area contributed by atoms with Gasteiger partial charge in [0.05, 0.1) is 6.04 Å². The molecule has 18 heavy (non-hydrogen) atoms. The maximum Gasteiger partial charge on any atom is 0.234 e. The summed E-state index contributed by atoms with van der Waals surface area (Å²) in [6.07, 6.45) is 10.8. The van der Waals surface area contributed by atoms with Crippen molar-refractivity contribution in [2.24, 2.45) is 17.1 Å². The van der Waals surface area contributed by atoms with Crippen LogP contribution in [0.4, 0.5) is 0 Å². The van der Waals surface area contributed by atoms with Gasteiger partial charge in [-0.05, 0) is 49.9 Å². The van der Waals surface area contributed by atoms with Crippen molar-refractivity contribution < 1.29 is 4.79 Å². The van der Waals surface area contributed by atoms with Crippen LogP contribution >= 0.6 is 0 Å². The van der Waals surface area contributed by atoms with Crippen molar-refractivity contribution in [2.75, 3.05) is 0 Å². The SMILES string of the molecule is CC(C)C(NC1CCC2(CCCC2)CC1)C(N)=O. The van der Waals surface area contributed by atoms with Gasteiger partial charge in [0.1, 0.15) is 0 Å². The van der Waals surface area contributed by atoms with E-state index >= 15 is 0 Å². The molecule has 104 valence electrons. The molecule has 0 aliphatic heterocycles. The highest BCUT2D eigenvalue weighted by Crippen LogP contribution is 2.48. The van der Waals surface area contributed by atoms with E-state index in [2.05, 4.69) is 19.2 Å². The van der Waals surface area contributed by atoms with Crippen molar-refractivity contribution in [2.45, 2.75) is 77.3 Å². The Balaban J connectivity index is 1.84. The summed E-state index contributed by atoms with van der Waals surface area (Å²) in [4.78, 5) is 11.4. The number of amides is 1. The molecule has 1 unspecified atom stereocenters. The van der Waals surface area contributed by atoms with Crippen LogP contribution in [0.3, 0.4) is 0 Å². The maximum atomic E-state index is 11.4. The molecule has 0 aromatic carbocycles. The Hall–Kier alpha value is -0.570. The molecule has 1 atom stereocenters. The van der Waals surface area contributed by atoms with Gasteiger partial charge in [-0.25, -0.2) is 0 Å². The highest BCUT2D eigenvalue weighted by Gasteiger charge is 2.38. The fraction of sp³-hybridized carbons (Fsp3) is 0.933. The summed E-state index contributed by atoms with van der Waals surface area (Å²) in [6.45, 7) is 4.12. The summed E-state index contributed by atoms with van der Waals surface area (Å²) in [5.74, 6) is 0.0796. The number of nitrogens with one attached hydrogen (secondary N) is 1. The van der Waals surface area contributed by atoms with E-state index in [0.717, 1.165) is 0 Å². The second-order valence-electron chi connectivity index (χ2n) is 6.77. The number of nitrogens with two attached hydrogens (primary N) is 1. The van der Waals surface area contributed by atoms with E-state index in [1.165, 1.54) is 51.4 Å². The van der Waals surface area contributed by atoms with Gasteiger partial charge in [0.25, 0.3) is 0 Å². The molecule has 0 saturated heterocycles. The van der Waals surface area contributed by atoms with Gasteiger partial charge < -0.3 is 11.1 Å². The summed E-state index contributed by atoms with van der Waals surface area (Å²) in [6, 6.07) is 0.337. The average Bonchev–Trinajstić information content (AvgIpc) is 2.76. The van der Waals surface area contributed by atoms with Crippen molar-refractivity contribution in [3.8, 4) is 0 Å². The lowest BCUT2D eigenvalue weighted by Crippen LogP contribution is -2.50. The number of carbonyl (C=O) groups is 1. The lowest BCUT2D eigenvalue weighted by molar-refractivity contribution is -0.121. The first-order valence-corrected chi connectivity index (χ1v) is 7.58. The van der Waals surface area contributed by atoms with Gasteiger partial charge in [0, 0.05) is 6.04 Å². The molecule has 3 N–H and O–H groups in total. The van der Waals surface area contributed by atoms with Crippen LogP contribution in [0.15, 0.2) is 0 Å². The monoisotopic (exact) mass is 252 g/mol. The van der Waals surface area contributed by atoms with Crippen molar-refractivity contribution in [1.82, 2.24) is 5.32 Å². The van der Waals surface area contributed by atoms with Crippen LogP contribution in [0.5, 0.6) is 0 Å². The second-order valence-corrected chi connectivity index (χ2v) is 6.77. The van der Waals surface area contributed by atoms with Crippen LogP contribution in [0.25, 0.3) is 0 Å². The zero-order valence-electron chi connectivity index (χ0n) is 11.9. The number of carbonyl (C=O) groups excluding carboxylic acids is 1. The Kier molecular flexibility index (Phi) is 4.31. The Morgan fingerprint density at radius 3 is 2.17 bits per heavy atom. The highest BCUT2D eigenvalue weighted by atomic mass is 16.1. The molecule has 2 rings (SSSR count). The number of rotatable bonds is 4. The maximum absolute atomic E-state index is 11.4. The Labute approximate surface area is 111 Å². The fourth-order valence-corrected chi connectivity index (χ4v) is 3.88. The molecule has 2 aliphatic rings. The summed E-state index contributed by atoms with van der Waals surface area (Å²) < 4.78 is 0. The molecule has 1 spiro atoms. The van der Waals surface area contributed by atoms with Gasteiger partial charge >= 0.3 is 0 Å². The predicted octanol–water partition coefficient (Wildman–Crippen LogP) is 2.59. The van der Waals surface area contributed by atoms with Gasteiger partial charge in [-0.1, -0.05) is 26.7 Å². The van der Waals surface area contributed by atoms with Crippen LogP contribution in [-0.4, -0.2) is 18.0 Å². The molecule has 0 radical (unpaired) electrons.